The number of rotatable bonds is 3. The second-order valence-corrected chi connectivity index (χ2v) is 3.65. The van der Waals surface area contributed by atoms with Crippen LogP contribution >= 0.6 is 11.6 Å². The molecule has 0 aliphatic heterocycles. The highest BCUT2D eigenvalue weighted by molar-refractivity contribution is 6.31. The van der Waals surface area contributed by atoms with Gasteiger partial charge in [-0.1, -0.05) is 17.7 Å². The van der Waals surface area contributed by atoms with Crippen LogP contribution in [-0.2, 0) is 4.79 Å². The van der Waals surface area contributed by atoms with E-state index in [1.54, 1.807) is 12.1 Å². The van der Waals surface area contributed by atoms with Gasteiger partial charge in [-0.05, 0) is 24.6 Å². The maximum absolute atomic E-state index is 11.4. The molecule has 0 fully saturated rings. The van der Waals surface area contributed by atoms with Crippen molar-refractivity contribution in [2.45, 2.75) is 19.8 Å². The summed E-state index contributed by atoms with van der Waals surface area (Å²) >= 11 is 5.82. The lowest BCUT2D eigenvalue weighted by atomic mass is 10.2. The normalized spacial score (nSPS) is 9.40. The summed E-state index contributed by atoms with van der Waals surface area (Å²) in [6.07, 6.45) is 5.86. The molecule has 0 saturated carbocycles. The summed E-state index contributed by atoms with van der Waals surface area (Å²) < 4.78 is 0. The van der Waals surface area contributed by atoms with Crippen molar-refractivity contribution >= 4 is 23.2 Å². The van der Waals surface area contributed by atoms with Crippen molar-refractivity contribution in [3.63, 3.8) is 0 Å². The van der Waals surface area contributed by atoms with Crippen LogP contribution in [0.4, 0.5) is 5.69 Å². The van der Waals surface area contributed by atoms with Crippen molar-refractivity contribution in [2.75, 3.05) is 5.32 Å². The van der Waals surface area contributed by atoms with Crippen LogP contribution in [0.25, 0.3) is 0 Å². The zero-order valence-electron chi connectivity index (χ0n) is 8.51. The average Bonchev–Trinajstić information content (AvgIpc) is 2.20. The zero-order valence-corrected chi connectivity index (χ0v) is 9.27. The number of benzene rings is 1. The minimum absolute atomic E-state index is 0.0849. The lowest BCUT2D eigenvalue weighted by molar-refractivity contribution is -0.116. The van der Waals surface area contributed by atoms with E-state index in [0.717, 1.165) is 11.3 Å². The molecule has 0 spiro atoms. The average molecular weight is 222 g/mol. The van der Waals surface area contributed by atoms with Crippen molar-refractivity contribution in [1.29, 1.82) is 0 Å². The summed E-state index contributed by atoms with van der Waals surface area (Å²) in [6.45, 7) is 1.91. The first-order valence-electron chi connectivity index (χ1n) is 4.63. The highest BCUT2D eigenvalue weighted by Crippen LogP contribution is 2.20. The Morgan fingerprint density at radius 2 is 2.33 bits per heavy atom. The van der Waals surface area contributed by atoms with E-state index in [2.05, 4.69) is 11.2 Å². The van der Waals surface area contributed by atoms with Gasteiger partial charge in [0.15, 0.2) is 0 Å². The molecule has 0 radical (unpaired) electrons. The van der Waals surface area contributed by atoms with E-state index in [4.69, 9.17) is 18.0 Å². The molecule has 3 heteroatoms. The Hall–Kier alpha value is -1.46. The molecule has 0 aromatic heterocycles. The molecule has 1 N–H and O–H groups in total. The van der Waals surface area contributed by atoms with Crippen LogP contribution in [0.3, 0.4) is 0 Å². The predicted molar refractivity (Wildman–Crippen MR) is 62.9 cm³/mol. The third-order valence-electron chi connectivity index (χ3n) is 1.97. The standard InChI is InChI=1S/C12H12ClNO/c1-3-4-5-12(15)14-11-8-10(13)7-6-9(11)2/h1,6-8H,4-5H2,2H3,(H,14,15). The summed E-state index contributed by atoms with van der Waals surface area (Å²) in [4.78, 5) is 11.4. The molecule has 2 nitrogen and oxygen atoms in total. The minimum atomic E-state index is -0.0849. The fourth-order valence-electron chi connectivity index (χ4n) is 1.13. The number of terminal acetylenes is 1. The van der Waals surface area contributed by atoms with E-state index in [1.807, 2.05) is 13.0 Å². The molecule has 1 rings (SSSR count). The van der Waals surface area contributed by atoms with E-state index in [-0.39, 0.29) is 5.91 Å². The summed E-state index contributed by atoms with van der Waals surface area (Å²) in [5.41, 5.74) is 1.72. The fraction of sp³-hybridized carbons (Fsp3) is 0.250. The minimum Gasteiger partial charge on any atom is -0.326 e. The molecule has 15 heavy (non-hydrogen) atoms. The van der Waals surface area contributed by atoms with Gasteiger partial charge in [-0.15, -0.1) is 12.3 Å². The van der Waals surface area contributed by atoms with Crippen LogP contribution in [0, 0.1) is 19.3 Å². The molecule has 78 valence electrons. The van der Waals surface area contributed by atoms with Crippen molar-refractivity contribution in [1.82, 2.24) is 0 Å². The van der Waals surface area contributed by atoms with Crippen molar-refractivity contribution in [2.24, 2.45) is 0 Å². The molecule has 1 aromatic rings. The lowest BCUT2D eigenvalue weighted by Crippen LogP contribution is -2.11. The number of carbonyl (C=O) groups excluding carboxylic acids is 1. The molecular formula is C12H12ClNO. The summed E-state index contributed by atoms with van der Waals surface area (Å²) in [7, 11) is 0. The highest BCUT2D eigenvalue weighted by Gasteiger charge is 2.04. The van der Waals surface area contributed by atoms with Crippen molar-refractivity contribution in [3.05, 3.63) is 28.8 Å². The van der Waals surface area contributed by atoms with Gasteiger partial charge in [0.05, 0.1) is 0 Å². The summed E-state index contributed by atoms with van der Waals surface area (Å²) in [5, 5.41) is 3.37. The Kier molecular flexibility index (Phi) is 4.20. The maximum atomic E-state index is 11.4. The topological polar surface area (TPSA) is 29.1 Å². The smallest absolute Gasteiger partial charge is 0.225 e. The largest absolute Gasteiger partial charge is 0.326 e. The van der Waals surface area contributed by atoms with E-state index in [9.17, 15) is 4.79 Å². The fourth-order valence-corrected chi connectivity index (χ4v) is 1.30. The number of aryl methyl sites for hydroxylation is 1. The van der Waals surface area contributed by atoms with Gasteiger partial charge in [-0.3, -0.25) is 4.79 Å². The van der Waals surface area contributed by atoms with Crippen LogP contribution in [-0.4, -0.2) is 5.91 Å². The highest BCUT2D eigenvalue weighted by atomic mass is 35.5. The Bertz CT molecular complexity index is 407. The van der Waals surface area contributed by atoms with Gasteiger partial charge in [0.2, 0.25) is 5.91 Å². The van der Waals surface area contributed by atoms with Gasteiger partial charge in [-0.25, -0.2) is 0 Å². The van der Waals surface area contributed by atoms with Crippen LogP contribution in [0.2, 0.25) is 5.02 Å². The number of anilines is 1. The maximum Gasteiger partial charge on any atom is 0.225 e. The zero-order chi connectivity index (χ0) is 11.3. The van der Waals surface area contributed by atoms with Crippen LogP contribution in [0.5, 0.6) is 0 Å². The van der Waals surface area contributed by atoms with Gasteiger partial charge in [0.25, 0.3) is 0 Å². The molecule has 0 aliphatic carbocycles. The Labute approximate surface area is 94.6 Å². The number of amides is 1. The first-order valence-corrected chi connectivity index (χ1v) is 5.00. The number of hydrogen-bond acceptors (Lipinski definition) is 1. The van der Waals surface area contributed by atoms with Crippen LogP contribution < -0.4 is 5.32 Å². The first kappa shape index (κ1) is 11.6. The predicted octanol–water partition coefficient (Wildman–Crippen LogP) is 3.00. The van der Waals surface area contributed by atoms with Gasteiger partial charge >= 0.3 is 0 Å². The first-order chi connectivity index (χ1) is 7.13. The third kappa shape index (κ3) is 3.65. The number of carbonyl (C=O) groups is 1. The molecule has 0 heterocycles. The third-order valence-corrected chi connectivity index (χ3v) is 2.21. The number of nitrogens with one attached hydrogen (secondary N) is 1. The molecule has 1 aromatic carbocycles. The second kappa shape index (κ2) is 5.43. The van der Waals surface area contributed by atoms with Gasteiger partial charge in [-0.2, -0.15) is 0 Å². The van der Waals surface area contributed by atoms with Crippen molar-refractivity contribution in [3.8, 4) is 12.3 Å². The number of halogens is 1. The Morgan fingerprint density at radius 3 is 3.00 bits per heavy atom. The molecule has 0 atom stereocenters. The van der Waals surface area contributed by atoms with Crippen LogP contribution in [0.15, 0.2) is 18.2 Å². The summed E-state index contributed by atoms with van der Waals surface area (Å²) in [6, 6.07) is 5.37. The Balaban J connectivity index is 2.68. The van der Waals surface area contributed by atoms with Crippen molar-refractivity contribution < 1.29 is 4.79 Å². The molecule has 0 unspecified atom stereocenters. The monoisotopic (exact) mass is 221 g/mol. The molecule has 0 saturated heterocycles. The van der Waals surface area contributed by atoms with Gasteiger partial charge < -0.3 is 5.32 Å². The molecule has 1 amide bonds. The van der Waals surface area contributed by atoms with E-state index >= 15 is 0 Å². The summed E-state index contributed by atoms with van der Waals surface area (Å²) in [5.74, 6) is 2.34. The van der Waals surface area contributed by atoms with Crippen LogP contribution in [0.1, 0.15) is 18.4 Å². The van der Waals surface area contributed by atoms with E-state index in [0.29, 0.717) is 17.9 Å². The lowest BCUT2D eigenvalue weighted by Gasteiger charge is -2.07. The Morgan fingerprint density at radius 1 is 1.60 bits per heavy atom. The molecule has 0 aliphatic rings. The molecular weight excluding hydrogens is 210 g/mol. The van der Waals surface area contributed by atoms with Gasteiger partial charge in [0.1, 0.15) is 0 Å². The quantitative estimate of drug-likeness (QED) is 0.782. The van der Waals surface area contributed by atoms with E-state index < -0.39 is 0 Å². The van der Waals surface area contributed by atoms with E-state index in [1.165, 1.54) is 0 Å². The second-order valence-electron chi connectivity index (χ2n) is 3.21. The SMILES string of the molecule is C#CCCC(=O)Nc1cc(Cl)ccc1C. The van der Waals surface area contributed by atoms with Gasteiger partial charge in [0, 0.05) is 23.6 Å². The molecule has 0 bridgehead atoms. The number of hydrogen-bond donors (Lipinski definition) is 1.